The Morgan fingerprint density at radius 2 is 2.28 bits per heavy atom. The number of sulfonamides is 1. The largest absolute Gasteiger partial charge is 0.352 e. The lowest BCUT2D eigenvalue weighted by Crippen LogP contribution is -2.12. The molecule has 0 unspecified atom stereocenters. The zero-order chi connectivity index (χ0) is 13.3. The molecule has 0 aliphatic carbocycles. The zero-order valence-corrected chi connectivity index (χ0v) is 11.7. The summed E-state index contributed by atoms with van der Waals surface area (Å²) in [5.41, 5.74) is 7.06. The second-order valence-corrected chi connectivity index (χ2v) is 6.42. The highest BCUT2D eigenvalue weighted by atomic mass is 32.2. The van der Waals surface area contributed by atoms with Gasteiger partial charge in [-0.2, -0.15) is 0 Å². The molecule has 0 atom stereocenters. The Morgan fingerprint density at radius 3 is 2.78 bits per heavy atom. The van der Waals surface area contributed by atoms with E-state index in [9.17, 15) is 8.42 Å². The van der Waals surface area contributed by atoms with E-state index in [1.165, 1.54) is 17.5 Å². The number of aromatic nitrogens is 2. The molecule has 0 radical (unpaired) electrons. The molecule has 0 saturated heterocycles. The van der Waals surface area contributed by atoms with Gasteiger partial charge in [-0.15, -0.1) is 11.3 Å². The SMILES string of the molecule is Cc1csc(NS(=O)(=O)c2cc(CN)n(C)c2)n1. The average molecular weight is 286 g/mol. The molecule has 0 aromatic carbocycles. The summed E-state index contributed by atoms with van der Waals surface area (Å²) in [5, 5.41) is 2.15. The summed E-state index contributed by atoms with van der Waals surface area (Å²) in [6, 6.07) is 1.56. The second-order valence-electron chi connectivity index (χ2n) is 3.88. The van der Waals surface area contributed by atoms with Crippen molar-refractivity contribution < 1.29 is 8.42 Å². The van der Waals surface area contributed by atoms with E-state index in [-0.39, 0.29) is 4.90 Å². The first-order valence-electron chi connectivity index (χ1n) is 5.22. The molecular weight excluding hydrogens is 272 g/mol. The van der Waals surface area contributed by atoms with Crippen LogP contribution in [0.5, 0.6) is 0 Å². The summed E-state index contributed by atoms with van der Waals surface area (Å²) in [4.78, 5) is 4.26. The van der Waals surface area contributed by atoms with Crippen molar-refractivity contribution >= 4 is 26.5 Å². The fourth-order valence-corrected chi connectivity index (χ4v) is 3.54. The average Bonchev–Trinajstić information content (AvgIpc) is 2.84. The Bertz CT molecular complexity index is 657. The number of rotatable bonds is 4. The lowest BCUT2D eigenvalue weighted by atomic mass is 10.4. The molecule has 0 spiro atoms. The standard InChI is InChI=1S/C10H14N4O2S2/c1-7-6-17-10(12-7)13-18(15,16)9-3-8(4-11)14(2)5-9/h3,5-6H,4,11H2,1-2H3,(H,12,13). The van der Waals surface area contributed by atoms with Gasteiger partial charge in [-0.25, -0.2) is 13.4 Å². The highest BCUT2D eigenvalue weighted by Crippen LogP contribution is 2.20. The van der Waals surface area contributed by atoms with E-state index in [2.05, 4.69) is 9.71 Å². The van der Waals surface area contributed by atoms with E-state index in [1.807, 2.05) is 6.92 Å². The van der Waals surface area contributed by atoms with Crippen LogP contribution in [-0.2, 0) is 23.6 Å². The third-order valence-corrected chi connectivity index (χ3v) is 4.75. The molecule has 18 heavy (non-hydrogen) atoms. The molecule has 2 rings (SSSR count). The van der Waals surface area contributed by atoms with Gasteiger partial charge in [0.1, 0.15) is 4.90 Å². The molecule has 3 N–H and O–H groups in total. The molecule has 0 aliphatic rings. The topological polar surface area (TPSA) is 90.0 Å². The summed E-state index contributed by atoms with van der Waals surface area (Å²) in [6.07, 6.45) is 1.53. The smallest absolute Gasteiger partial charge is 0.265 e. The third-order valence-electron chi connectivity index (χ3n) is 2.44. The van der Waals surface area contributed by atoms with Crippen LogP contribution in [0.15, 0.2) is 22.5 Å². The van der Waals surface area contributed by atoms with E-state index in [1.54, 1.807) is 23.1 Å². The van der Waals surface area contributed by atoms with Crippen molar-refractivity contribution in [3.63, 3.8) is 0 Å². The minimum Gasteiger partial charge on any atom is -0.352 e. The first-order valence-corrected chi connectivity index (χ1v) is 7.59. The van der Waals surface area contributed by atoms with Gasteiger partial charge in [0, 0.05) is 30.9 Å². The number of aryl methyl sites for hydroxylation is 2. The minimum absolute atomic E-state index is 0.193. The van der Waals surface area contributed by atoms with Crippen molar-refractivity contribution in [1.82, 2.24) is 9.55 Å². The molecule has 6 nitrogen and oxygen atoms in total. The predicted molar refractivity (Wildman–Crippen MR) is 71.0 cm³/mol. The molecular formula is C10H14N4O2S2. The zero-order valence-electron chi connectivity index (χ0n) is 10.0. The summed E-state index contributed by atoms with van der Waals surface area (Å²) in [6.45, 7) is 2.10. The van der Waals surface area contributed by atoms with Gasteiger partial charge in [0.25, 0.3) is 10.0 Å². The molecule has 2 aromatic heterocycles. The van der Waals surface area contributed by atoms with Crippen LogP contribution >= 0.6 is 11.3 Å². The van der Waals surface area contributed by atoms with Gasteiger partial charge in [0.15, 0.2) is 5.13 Å². The first kappa shape index (κ1) is 13.1. The van der Waals surface area contributed by atoms with Crippen molar-refractivity contribution in [1.29, 1.82) is 0 Å². The van der Waals surface area contributed by atoms with Gasteiger partial charge in [0.2, 0.25) is 0 Å². The van der Waals surface area contributed by atoms with Crippen LogP contribution in [0.1, 0.15) is 11.4 Å². The number of nitrogens with one attached hydrogen (secondary N) is 1. The van der Waals surface area contributed by atoms with Gasteiger partial charge in [-0.05, 0) is 13.0 Å². The number of nitrogens with zero attached hydrogens (tertiary/aromatic N) is 2. The van der Waals surface area contributed by atoms with Crippen LogP contribution in [0.25, 0.3) is 0 Å². The maximum absolute atomic E-state index is 12.1. The highest BCUT2D eigenvalue weighted by Gasteiger charge is 2.18. The van der Waals surface area contributed by atoms with Crippen LogP contribution in [0, 0.1) is 6.92 Å². The normalized spacial score (nSPS) is 11.7. The molecule has 98 valence electrons. The van der Waals surface area contributed by atoms with E-state index >= 15 is 0 Å². The monoisotopic (exact) mass is 286 g/mol. The Labute approximate surface area is 110 Å². The minimum atomic E-state index is -3.59. The lowest BCUT2D eigenvalue weighted by molar-refractivity contribution is 0.601. The van der Waals surface area contributed by atoms with Crippen molar-refractivity contribution in [2.45, 2.75) is 18.4 Å². The van der Waals surface area contributed by atoms with Crippen molar-refractivity contribution in [2.75, 3.05) is 4.72 Å². The van der Waals surface area contributed by atoms with Crippen LogP contribution in [0.4, 0.5) is 5.13 Å². The highest BCUT2D eigenvalue weighted by molar-refractivity contribution is 7.93. The van der Waals surface area contributed by atoms with Crippen LogP contribution in [0.3, 0.4) is 0 Å². The molecule has 8 heteroatoms. The summed E-state index contributed by atoms with van der Waals surface area (Å²) >= 11 is 1.25. The fraction of sp³-hybridized carbons (Fsp3) is 0.300. The van der Waals surface area contributed by atoms with Crippen LogP contribution in [-0.4, -0.2) is 18.0 Å². The number of anilines is 1. The Kier molecular flexibility index (Phi) is 3.42. The van der Waals surface area contributed by atoms with Crippen molar-refractivity contribution in [3.8, 4) is 0 Å². The van der Waals surface area contributed by atoms with Crippen LogP contribution in [0.2, 0.25) is 0 Å². The van der Waals surface area contributed by atoms with Gasteiger partial charge >= 0.3 is 0 Å². The van der Waals surface area contributed by atoms with Gasteiger partial charge in [-0.1, -0.05) is 0 Å². The second kappa shape index (κ2) is 4.71. The Morgan fingerprint density at radius 1 is 1.56 bits per heavy atom. The molecule has 0 saturated carbocycles. The van der Waals surface area contributed by atoms with E-state index in [0.29, 0.717) is 11.7 Å². The van der Waals surface area contributed by atoms with E-state index in [4.69, 9.17) is 5.73 Å². The number of thiazole rings is 1. The van der Waals surface area contributed by atoms with E-state index in [0.717, 1.165) is 11.4 Å². The molecule has 0 fully saturated rings. The summed E-state index contributed by atoms with van der Waals surface area (Å²) < 4.78 is 28.3. The number of hydrogen-bond donors (Lipinski definition) is 2. The summed E-state index contributed by atoms with van der Waals surface area (Å²) in [7, 11) is -1.83. The Balaban J connectivity index is 2.30. The van der Waals surface area contributed by atoms with E-state index < -0.39 is 10.0 Å². The number of hydrogen-bond acceptors (Lipinski definition) is 5. The predicted octanol–water partition coefficient (Wildman–Crippen LogP) is 1.05. The maximum atomic E-state index is 12.1. The van der Waals surface area contributed by atoms with Gasteiger partial charge in [-0.3, -0.25) is 4.72 Å². The third kappa shape index (κ3) is 2.55. The fourth-order valence-electron chi connectivity index (χ4n) is 1.50. The molecule has 0 amide bonds. The first-order chi connectivity index (χ1) is 8.42. The molecule has 2 aromatic rings. The molecule has 0 bridgehead atoms. The van der Waals surface area contributed by atoms with Crippen molar-refractivity contribution in [2.24, 2.45) is 12.8 Å². The van der Waals surface area contributed by atoms with Crippen molar-refractivity contribution in [3.05, 3.63) is 29.0 Å². The maximum Gasteiger partial charge on any atom is 0.265 e. The Hall–Kier alpha value is -1.38. The van der Waals surface area contributed by atoms with Gasteiger partial charge in [0.05, 0.1) is 5.69 Å². The van der Waals surface area contributed by atoms with Gasteiger partial charge < -0.3 is 10.3 Å². The van der Waals surface area contributed by atoms with Crippen LogP contribution < -0.4 is 10.5 Å². The molecule has 2 heterocycles. The quantitative estimate of drug-likeness (QED) is 0.879. The summed E-state index contributed by atoms with van der Waals surface area (Å²) in [5.74, 6) is 0. The molecule has 0 aliphatic heterocycles. The number of nitrogens with two attached hydrogens (primary N) is 1. The lowest BCUT2D eigenvalue weighted by Gasteiger charge is -2.01.